The van der Waals surface area contributed by atoms with Crippen LogP contribution in [0.15, 0.2) is 109 Å². The third-order valence-corrected chi connectivity index (χ3v) is 7.59. The fraction of sp³-hybridized carbons (Fsp3) is 0.182. The van der Waals surface area contributed by atoms with Crippen molar-refractivity contribution in [2.45, 2.75) is 12.5 Å². The number of anilines is 1. The number of halogens is 1. The predicted octanol–water partition coefficient (Wildman–Crippen LogP) is 5.94. The molecule has 0 aromatic heterocycles. The van der Waals surface area contributed by atoms with Gasteiger partial charge in [0.15, 0.2) is 5.11 Å². The molecule has 0 atom stereocenters. The molecule has 2 amide bonds. The number of hydrogen-bond donors (Lipinski definition) is 2. The standard InChI is InChI=1S/C33H31ClN4O2S/c34-27-17-15-24(16-18-27)23-30(39)36-33(41)35-29-14-8-7-13-28(29)32(40)38-21-19-37(20-22-38)31(25-9-3-1-4-10-25)26-11-5-2-6-12-26/h1-18,31H,19-23H2,(H2,35,36,39,41). The minimum atomic E-state index is -0.254. The lowest BCUT2D eigenvalue weighted by atomic mass is 9.96. The lowest BCUT2D eigenvalue weighted by molar-refractivity contribution is -0.119. The summed E-state index contributed by atoms with van der Waals surface area (Å²) in [5.74, 6) is -0.324. The molecule has 4 aromatic carbocycles. The Kier molecular flexibility index (Phi) is 9.41. The number of carbonyl (C=O) groups is 2. The first kappa shape index (κ1) is 28.5. The first-order valence-corrected chi connectivity index (χ1v) is 14.3. The van der Waals surface area contributed by atoms with Crippen LogP contribution in [0.5, 0.6) is 0 Å². The molecule has 4 aromatic rings. The Morgan fingerprint density at radius 3 is 1.93 bits per heavy atom. The van der Waals surface area contributed by atoms with Crippen LogP contribution < -0.4 is 10.6 Å². The summed E-state index contributed by atoms with van der Waals surface area (Å²) in [6.45, 7) is 2.70. The third-order valence-electron chi connectivity index (χ3n) is 7.13. The maximum absolute atomic E-state index is 13.6. The highest BCUT2D eigenvalue weighted by Gasteiger charge is 2.29. The van der Waals surface area contributed by atoms with E-state index in [0.29, 0.717) is 29.4 Å². The Hall–Kier alpha value is -4.04. The van der Waals surface area contributed by atoms with Gasteiger partial charge in [-0.15, -0.1) is 0 Å². The highest BCUT2D eigenvalue weighted by Crippen LogP contribution is 2.30. The molecule has 1 aliphatic rings. The first-order valence-electron chi connectivity index (χ1n) is 13.6. The van der Waals surface area contributed by atoms with E-state index in [1.807, 2.05) is 29.2 Å². The summed E-state index contributed by atoms with van der Waals surface area (Å²) >= 11 is 11.3. The van der Waals surface area contributed by atoms with Crippen LogP contribution in [0, 0.1) is 0 Å². The van der Waals surface area contributed by atoms with Crippen LogP contribution in [0.3, 0.4) is 0 Å². The Morgan fingerprint density at radius 2 is 1.32 bits per heavy atom. The van der Waals surface area contributed by atoms with Gasteiger partial charge in [-0.2, -0.15) is 0 Å². The number of nitrogens with one attached hydrogen (secondary N) is 2. The molecule has 0 unspecified atom stereocenters. The highest BCUT2D eigenvalue weighted by molar-refractivity contribution is 7.80. The summed E-state index contributed by atoms with van der Waals surface area (Å²) in [6, 6.07) is 35.4. The van der Waals surface area contributed by atoms with Crippen LogP contribution in [0.2, 0.25) is 5.02 Å². The van der Waals surface area contributed by atoms with E-state index in [1.165, 1.54) is 11.1 Å². The predicted molar refractivity (Wildman–Crippen MR) is 168 cm³/mol. The molecule has 8 heteroatoms. The lowest BCUT2D eigenvalue weighted by Crippen LogP contribution is -2.50. The summed E-state index contributed by atoms with van der Waals surface area (Å²) in [4.78, 5) is 30.5. The van der Waals surface area contributed by atoms with Crippen LogP contribution in [-0.4, -0.2) is 52.9 Å². The minimum absolute atomic E-state index is 0.0704. The maximum Gasteiger partial charge on any atom is 0.256 e. The van der Waals surface area contributed by atoms with Crippen molar-refractivity contribution in [1.29, 1.82) is 0 Å². The van der Waals surface area contributed by atoms with Gasteiger partial charge in [0.1, 0.15) is 0 Å². The third kappa shape index (κ3) is 7.38. The number of thiocarbonyl (C=S) groups is 1. The van der Waals surface area contributed by atoms with Gasteiger partial charge in [-0.3, -0.25) is 14.5 Å². The SMILES string of the molecule is O=C(Cc1ccc(Cl)cc1)NC(=S)Nc1ccccc1C(=O)N1CCN(C(c2ccccc2)c2ccccc2)CC1. The van der Waals surface area contributed by atoms with Gasteiger partial charge >= 0.3 is 0 Å². The summed E-state index contributed by atoms with van der Waals surface area (Å²) < 4.78 is 0. The van der Waals surface area contributed by atoms with Crippen molar-refractivity contribution in [2.75, 3.05) is 31.5 Å². The van der Waals surface area contributed by atoms with E-state index < -0.39 is 0 Å². The lowest BCUT2D eigenvalue weighted by Gasteiger charge is -2.40. The molecule has 1 fully saturated rings. The average Bonchev–Trinajstić information content (AvgIpc) is 3.00. The summed E-state index contributed by atoms with van der Waals surface area (Å²) in [5.41, 5.74) is 4.37. The topological polar surface area (TPSA) is 64.7 Å². The normalized spacial score (nSPS) is 13.6. The van der Waals surface area contributed by atoms with Crippen molar-refractivity contribution < 1.29 is 9.59 Å². The fourth-order valence-corrected chi connectivity index (χ4v) is 5.48. The second-order valence-electron chi connectivity index (χ2n) is 9.90. The van der Waals surface area contributed by atoms with E-state index >= 15 is 0 Å². The van der Waals surface area contributed by atoms with Gasteiger partial charge in [-0.25, -0.2) is 0 Å². The Morgan fingerprint density at radius 1 is 0.756 bits per heavy atom. The van der Waals surface area contributed by atoms with Gasteiger partial charge in [0.05, 0.1) is 23.7 Å². The second kappa shape index (κ2) is 13.5. The number of benzene rings is 4. The Balaban J connectivity index is 1.22. The van der Waals surface area contributed by atoms with Crippen molar-refractivity contribution in [2.24, 2.45) is 0 Å². The molecule has 0 spiro atoms. The summed E-state index contributed by atoms with van der Waals surface area (Å²) in [7, 11) is 0. The van der Waals surface area contributed by atoms with Crippen LogP contribution in [0.1, 0.15) is 33.1 Å². The molecule has 0 bridgehead atoms. The van der Waals surface area contributed by atoms with E-state index in [4.69, 9.17) is 23.8 Å². The number of para-hydroxylation sites is 1. The van der Waals surface area contributed by atoms with E-state index in [-0.39, 0.29) is 29.4 Å². The summed E-state index contributed by atoms with van der Waals surface area (Å²) in [6.07, 6.45) is 0.163. The van der Waals surface area contributed by atoms with Crippen LogP contribution in [0.25, 0.3) is 0 Å². The van der Waals surface area contributed by atoms with E-state index in [1.54, 1.807) is 36.4 Å². The zero-order valence-electron chi connectivity index (χ0n) is 22.5. The maximum atomic E-state index is 13.6. The van der Waals surface area contributed by atoms with Crippen LogP contribution >= 0.6 is 23.8 Å². The molecular weight excluding hydrogens is 552 g/mol. The average molecular weight is 583 g/mol. The fourth-order valence-electron chi connectivity index (χ4n) is 5.13. The van der Waals surface area contributed by atoms with E-state index in [9.17, 15) is 9.59 Å². The molecule has 2 N–H and O–H groups in total. The number of nitrogens with zero attached hydrogens (tertiary/aromatic N) is 2. The number of rotatable bonds is 7. The van der Waals surface area contributed by atoms with Crippen molar-refractivity contribution >= 4 is 46.4 Å². The monoisotopic (exact) mass is 582 g/mol. The number of piperazine rings is 1. The van der Waals surface area contributed by atoms with Crippen molar-refractivity contribution in [3.05, 3.63) is 136 Å². The van der Waals surface area contributed by atoms with Crippen molar-refractivity contribution in [1.82, 2.24) is 15.1 Å². The van der Waals surface area contributed by atoms with E-state index in [2.05, 4.69) is 64.1 Å². The molecule has 5 rings (SSSR count). The molecule has 0 aliphatic carbocycles. The molecule has 41 heavy (non-hydrogen) atoms. The molecule has 1 heterocycles. The van der Waals surface area contributed by atoms with Gasteiger partial charge in [-0.1, -0.05) is 96.5 Å². The van der Waals surface area contributed by atoms with Gasteiger partial charge in [0.2, 0.25) is 5.91 Å². The van der Waals surface area contributed by atoms with Gasteiger partial charge in [0.25, 0.3) is 5.91 Å². The van der Waals surface area contributed by atoms with Gasteiger partial charge in [0, 0.05) is 31.2 Å². The van der Waals surface area contributed by atoms with Crippen molar-refractivity contribution in [3.8, 4) is 0 Å². The first-order chi connectivity index (χ1) is 20.0. The van der Waals surface area contributed by atoms with Gasteiger partial charge < -0.3 is 15.5 Å². The highest BCUT2D eigenvalue weighted by atomic mass is 35.5. The number of carbonyl (C=O) groups excluding carboxylic acids is 2. The minimum Gasteiger partial charge on any atom is -0.336 e. The van der Waals surface area contributed by atoms with Crippen molar-refractivity contribution in [3.63, 3.8) is 0 Å². The Labute approximate surface area is 250 Å². The number of hydrogen-bond acceptors (Lipinski definition) is 4. The molecule has 208 valence electrons. The smallest absolute Gasteiger partial charge is 0.256 e. The molecule has 1 aliphatic heterocycles. The van der Waals surface area contributed by atoms with Gasteiger partial charge in [-0.05, 0) is 53.2 Å². The molecule has 6 nitrogen and oxygen atoms in total. The second-order valence-corrected chi connectivity index (χ2v) is 10.7. The van der Waals surface area contributed by atoms with Crippen LogP contribution in [-0.2, 0) is 11.2 Å². The zero-order valence-corrected chi connectivity index (χ0v) is 24.1. The largest absolute Gasteiger partial charge is 0.336 e. The molecule has 0 radical (unpaired) electrons. The zero-order chi connectivity index (χ0) is 28.6. The number of amides is 2. The van der Waals surface area contributed by atoms with E-state index in [0.717, 1.165) is 18.7 Å². The van der Waals surface area contributed by atoms with Crippen LogP contribution in [0.4, 0.5) is 5.69 Å². The quantitative estimate of drug-likeness (QED) is 0.264. The molecular formula is C33H31ClN4O2S. The molecule has 0 saturated carbocycles. The molecule has 1 saturated heterocycles. The Bertz CT molecular complexity index is 1450. The summed E-state index contributed by atoms with van der Waals surface area (Å²) in [5, 5.41) is 6.50.